The van der Waals surface area contributed by atoms with Gasteiger partial charge in [-0.2, -0.15) is 0 Å². The van der Waals surface area contributed by atoms with Gasteiger partial charge in [-0.25, -0.2) is 4.98 Å². The fraction of sp³-hybridized carbons (Fsp3) is 0.400. The second kappa shape index (κ2) is 6.18. The Hall–Kier alpha value is -1.73. The smallest absolute Gasteiger partial charge is 0.258 e. The number of nitrogens with zero attached hydrogens (tertiary/aromatic N) is 3. The number of halogens is 1. The summed E-state index contributed by atoms with van der Waals surface area (Å²) >= 11 is 3.35. The summed E-state index contributed by atoms with van der Waals surface area (Å²) in [6, 6.07) is 5.21. The molecule has 6 nitrogen and oxygen atoms in total. The van der Waals surface area contributed by atoms with Gasteiger partial charge in [0.1, 0.15) is 5.65 Å². The molecule has 2 aromatic heterocycles. The monoisotopic (exact) mass is 364 g/mol. The molecule has 1 aliphatic heterocycles. The minimum atomic E-state index is -0.249. The molecule has 0 radical (unpaired) electrons. The Balaban J connectivity index is 1.83. The number of carbonyl (C=O) groups excluding carboxylic acids is 1. The summed E-state index contributed by atoms with van der Waals surface area (Å²) in [5, 5.41) is 0. The topological polar surface area (TPSA) is 80.7 Å². The predicted octanol–water partition coefficient (Wildman–Crippen LogP) is 1.15. The summed E-state index contributed by atoms with van der Waals surface area (Å²) in [4.78, 5) is 30.2. The van der Waals surface area contributed by atoms with Gasteiger partial charge in [0.25, 0.3) is 5.56 Å². The van der Waals surface area contributed by atoms with Crippen LogP contribution in [0.3, 0.4) is 0 Å². The van der Waals surface area contributed by atoms with E-state index in [-0.39, 0.29) is 17.4 Å². The van der Waals surface area contributed by atoms with Gasteiger partial charge in [-0.05, 0) is 47.4 Å². The summed E-state index contributed by atoms with van der Waals surface area (Å²) in [7, 11) is 0. The summed E-state index contributed by atoms with van der Waals surface area (Å²) in [6.07, 6.45) is 3.49. The number of pyridine rings is 1. The third kappa shape index (κ3) is 3.20. The van der Waals surface area contributed by atoms with E-state index in [1.165, 1.54) is 4.40 Å². The highest BCUT2D eigenvalue weighted by Crippen LogP contribution is 2.18. The number of nitrogens with two attached hydrogens (primary N) is 1. The molecule has 0 spiro atoms. The van der Waals surface area contributed by atoms with Crippen LogP contribution < -0.4 is 11.3 Å². The second-order valence-corrected chi connectivity index (χ2v) is 6.55. The average Bonchev–Trinajstić information content (AvgIpc) is 2.48. The highest BCUT2D eigenvalue weighted by molar-refractivity contribution is 9.10. The fourth-order valence-electron chi connectivity index (χ4n) is 2.87. The maximum absolute atomic E-state index is 12.2. The number of amides is 1. The van der Waals surface area contributed by atoms with Crippen LogP contribution >= 0.6 is 15.9 Å². The number of rotatable bonds is 3. The van der Waals surface area contributed by atoms with Crippen LogP contribution in [0.2, 0.25) is 0 Å². The van der Waals surface area contributed by atoms with Gasteiger partial charge in [0, 0.05) is 29.8 Å². The third-order valence-electron chi connectivity index (χ3n) is 3.97. The Labute approximate surface area is 136 Å². The molecule has 116 valence electrons. The maximum atomic E-state index is 12.2. The van der Waals surface area contributed by atoms with Crippen molar-refractivity contribution in [2.45, 2.75) is 19.4 Å². The first-order valence-electron chi connectivity index (χ1n) is 7.22. The van der Waals surface area contributed by atoms with Gasteiger partial charge in [0.2, 0.25) is 5.91 Å². The largest absolute Gasteiger partial charge is 0.369 e. The molecule has 1 amide bonds. The van der Waals surface area contributed by atoms with Crippen LogP contribution in [0.15, 0.2) is 33.7 Å². The van der Waals surface area contributed by atoms with Gasteiger partial charge < -0.3 is 5.73 Å². The molecule has 1 aliphatic rings. The fourth-order valence-corrected chi connectivity index (χ4v) is 3.20. The van der Waals surface area contributed by atoms with E-state index < -0.39 is 0 Å². The van der Waals surface area contributed by atoms with Gasteiger partial charge in [0.15, 0.2) is 0 Å². The lowest BCUT2D eigenvalue weighted by atomic mass is 9.97. The lowest BCUT2D eigenvalue weighted by molar-refractivity contribution is -0.123. The number of carbonyl (C=O) groups is 1. The molecule has 0 aliphatic carbocycles. The minimum absolute atomic E-state index is 0.105. The predicted molar refractivity (Wildman–Crippen MR) is 86.4 cm³/mol. The standard InChI is InChI=1S/C15H17BrN4O2/c16-11-3-4-13-18-12(6-14(21)20(13)8-11)9-19-5-1-2-10(7-19)15(17)22/h3-4,6,8,10H,1-2,5,7,9H2,(H2,17,22)/t10-/m1/s1. The van der Waals surface area contributed by atoms with Crippen molar-refractivity contribution < 1.29 is 4.79 Å². The highest BCUT2D eigenvalue weighted by Gasteiger charge is 2.24. The van der Waals surface area contributed by atoms with E-state index in [4.69, 9.17) is 5.73 Å². The average molecular weight is 365 g/mol. The maximum Gasteiger partial charge on any atom is 0.258 e. The molecular formula is C15H17BrN4O2. The summed E-state index contributed by atoms with van der Waals surface area (Å²) in [5.74, 6) is -0.354. The van der Waals surface area contributed by atoms with Crippen LogP contribution in [-0.4, -0.2) is 33.3 Å². The molecule has 1 atom stereocenters. The van der Waals surface area contributed by atoms with Gasteiger partial charge in [-0.3, -0.25) is 18.9 Å². The van der Waals surface area contributed by atoms with Crippen molar-refractivity contribution in [3.63, 3.8) is 0 Å². The van der Waals surface area contributed by atoms with E-state index in [0.717, 1.165) is 29.6 Å². The van der Waals surface area contributed by atoms with Crippen molar-refractivity contribution >= 4 is 27.5 Å². The Morgan fingerprint density at radius 2 is 2.27 bits per heavy atom. The van der Waals surface area contributed by atoms with Gasteiger partial charge in [-0.15, -0.1) is 0 Å². The van der Waals surface area contributed by atoms with Crippen LogP contribution in [0.25, 0.3) is 5.65 Å². The number of hydrogen-bond acceptors (Lipinski definition) is 4. The van der Waals surface area contributed by atoms with E-state index >= 15 is 0 Å². The zero-order valence-corrected chi connectivity index (χ0v) is 13.6. The van der Waals surface area contributed by atoms with E-state index in [1.807, 2.05) is 6.07 Å². The lowest BCUT2D eigenvalue weighted by Gasteiger charge is -2.30. The van der Waals surface area contributed by atoms with Crippen LogP contribution in [0.1, 0.15) is 18.5 Å². The quantitative estimate of drug-likeness (QED) is 0.885. The van der Waals surface area contributed by atoms with Gasteiger partial charge in [0.05, 0.1) is 11.6 Å². The number of hydrogen-bond donors (Lipinski definition) is 1. The molecule has 22 heavy (non-hydrogen) atoms. The summed E-state index contributed by atoms with van der Waals surface area (Å²) in [6.45, 7) is 2.09. The third-order valence-corrected chi connectivity index (χ3v) is 4.44. The number of fused-ring (bicyclic) bond motifs is 1. The number of aromatic nitrogens is 2. The SMILES string of the molecule is NC(=O)[C@@H]1CCCN(Cc2cc(=O)n3cc(Br)ccc3n2)C1. The van der Waals surface area contributed by atoms with Crippen molar-refractivity contribution in [2.24, 2.45) is 11.7 Å². The van der Waals surface area contributed by atoms with Crippen LogP contribution in [0.4, 0.5) is 0 Å². The molecule has 2 aromatic rings. The molecule has 0 unspecified atom stereocenters. The second-order valence-electron chi connectivity index (χ2n) is 5.64. The Bertz CT molecular complexity index is 774. The number of likely N-dealkylation sites (tertiary alicyclic amines) is 1. The van der Waals surface area contributed by atoms with Crippen molar-refractivity contribution in [2.75, 3.05) is 13.1 Å². The van der Waals surface area contributed by atoms with E-state index in [2.05, 4.69) is 25.8 Å². The molecule has 0 aromatic carbocycles. The van der Waals surface area contributed by atoms with Crippen molar-refractivity contribution in [1.82, 2.24) is 14.3 Å². The molecule has 7 heteroatoms. The molecule has 2 N–H and O–H groups in total. The van der Waals surface area contributed by atoms with E-state index in [0.29, 0.717) is 18.7 Å². The lowest BCUT2D eigenvalue weighted by Crippen LogP contribution is -2.41. The normalized spacial score (nSPS) is 19.4. The molecule has 3 rings (SSSR count). The highest BCUT2D eigenvalue weighted by atomic mass is 79.9. The zero-order chi connectivity index (χ0) is 15.7. The van der Waals surface area contributed by atoms with Crippen LogP contribution in [0, 0.1) is 5.92 Å². The molecule has 3 heterocycles. The van der Waals surface area contributed by atoms with E-state index in [9.17, 15) is 9.59 Å². The summed E-state index contributed by atoms with van der Waals surface area (Å²) in [5.41, 5.74) is 6.63. The molecule has 1 saturated heterocycles. The Morgan fingerprint density at radius 3 is 3.05 bits per heavy atom. The van der Waals surface area contributed by atoms with Crippen molar-refractivity contribution in [3.05, 3.63) is 44.9 Å². The Morgan fingerprint density at radius 1 is 1.45 bits per heavy atom. The van der Waals surface area contributed by atoms with Crippen LogP contribution in [-0.2, 0) is 11.3 Å². The van der Waals surface area contributed by atoms with E-state index in [1.54, 1.807) is 18.3 Å². The molecular weight excluding hydrogens is 348 g/mol. The first-order chi connectivity index (χ1) is 10.5. The van der Waals surface area contributed by atoms with Crippen LogP contribution in [0.5, 0.6) is 0 Å². The number of piperidine rings is 1. The zero-order valence-electron chi connectivity index (χ0n) is 12.0. The van der Waals surface area contributed by atoms with Gasteiger partial charge >= 0.3 is 0 Å². The van der Waals surface area contributed by atoms with Gasteiger partial charge in [-0.1, -0.05) is 0 Å². The summed E-state index contributed by atoms with van der Waals surface area (Å²) < 4.78 is 2.34. The molecule has 0 saturated carbocycles. The van der Waals surface area contributed by atoms with Crippen molar-refractivity contribution in [1.29, 1.82) is 0 Å². The first-order valence-corrected chi connectivity index (χ1v) is 8.02. The Kier molecular flexibility index (Phi) is 4.26. The molecule has 0 bridgehead atoms. The molecule has 1 fully saturated rings. The first kappa shape index (κ1) is 15.2. The number of primary amides is 1. The minimum Gasteiger partial charge on any atom is -0.369 e. The van der Waals surface area contributed by atoms with Crippen molar-refractivity contribution in [3.8, 4) is 0 Å².